The molecule has 1 aromatic rings. The number of hydrogen-bond donors (Lipinski definition) is 1. The van der Waals surface area contributed by atoms with Crippen LogP contribution in [0.15, 0.2) is 23.4 Å². The molecule has 7 heteroatoms. The third-order valence-electron chi connectivity index (χ3n) is 3.37. The lowest BCUT2D eigenvalue weighted by molar-refractivity contribution is 0.0631. The Kier molecular flexibility index (Phi) is 4.38. The number of anilines is 1. The standard InChI is InChI=1S/C12H19N3O3S/c1-13-11-4-3-7-14-12(11)19(16,17)15(2)10-5-8-18-9-6-10/h3-4,7,10,13H,5-6,8-9H2,1-2H3. The maximum absolute atomic E-state index is 12.6. The fourth-order valence-electron chi connectivity index (χ4n) is 2.17. The van der Waals surface area contributed by atoms with Gasteiger partial charge >= 0.3 is 0 Å². The number of pyridine rings is 1. The van der Waals surface area contributed by atoms with Crippen LogP contribution >= 0.6 is 0 Å². The summed E-state index contributed by atoms with van der Waals surface area (Å²) in [7, 11) is -0.282. The number of sulfonamides is 1. The summed E-state index contributed by atoms with van der Waals surface area (Å²) in [5.74, 6) is 0. The highest BCUT2D eigenvalue weighted by Crippen LogP contribution is 2.25. The summed E-state index contributed by atoms with van der Waals surface area (Å²) in [5, 5.41) is 2.94. The van der Waals surface area contributed by atoms with Crippen LogP contribution < -0.4 is 5.32 Å². The van der Waals surface area contributed by atoms with Crippen LogP contribution in [0.25, 0.3) is 0 Å². The molecule has 1 fully saturated rings. The molecular formula is C12H19N3O3S. The van der Waals surface area contributed by atoms with E-state index in [1.807, 2.05) is 0 Å². The van der Waals surface area contributed by atoms with E-state index in [2.05, 4.69) is 10.3 Å². The molecule has 106 valence electrons. The van der Waals surface area contributed by atoms with Crippen LogP contribution in [0, 0.1) is 0 Å². The molecule has 0 radical (unpaired) electrons. The molecule has 1 aliphatic rings. The van der Waals surface area contributed by atoms with Crippen molar-refractivity contribution in [1.29, 1.82) is 0 Å². The predicted molar refractivity (Wildman–Crippen MR) is 72.6 cm³/mol. The van der Waals surface area contributed by atoms with Crippen molar-refractivity contribution in [2.75, 3.05) is 32.6 Å². The van der Waals surface area contributed by atoms with Crippen molar-refractivity contribution in [3.05, 3.63) is 18.3 Å². The average molecular weight is 285 g/mol. The molecule has 6 nitrogen and oxygen atoms in total. The van der Waals surface area contributed by atoms with E-state index in [9.17, 15) is 8.42 Å². The van der Waals surface area contributed by atoms with E-state index >= 15 is 0 Å². The lowest BCUT2D eigenvalue weighted by atomic mass is 10.1. The fourth-order valence-corrected chi connectivity index (χ4v) is 3.69. The summed E-state index contributed by atoms with van der Waals surface area (Å²) in [6.07, 6.45) is 2.93. The molecule has 0 bridgehead atoms. The molecule has 1 saturated heterocycles. The first-order chi connectivity index (χ1) is 9.07. The zero-order valence-electron chi connectivity index (χ0n) is 11.2. The maximum Gasteiger partial charge on any atom is 0.262 e. The van der Waals surface area contributed by atoms with Gasteiger partial charge in [-0.15, -0.1) is 0 Å². The first-order valence-corrected chi connectivity index (χ1v) is 7.70. The van der Waals surface area contributed by atoms with Gasteiger partial charge in [-0.1, -0.05) is 0 Å². The van der Waals surface area contributed by atoms with Crippen LogP contribution in [0.5, 0.6) is 0 Å². The van der Waals surface area contributed by atoms with Crippen LogP contribution in [-0.2, 0) is 14.8 Å². The van der Waals surface area contributed by atoms with Crippen molar-refractivity contribution in [3.8, 4) is 0 Å². The number of nitrogens with one attached hydrogen (secondary N) is 1. The molecule has 1 N–H and O–H groups in total. The van der Waals surface area contributed by atoms with Crippen LogP contribution in [0.3, 0.4) is 0 Å². The Morgan fingerprint density at radius 1 is 1.42 bits per heavy atom. The van der Waals surface area contributed by atoms with Gasteiger partial charge in [-0.3, -0.25) is 0 Å². The van der Waals surface area contributed by atoms with Gasteiger partial charge in [0.1, 0.15) is 0 Å². The molecule has 0 aliphatic carbocycles. The van der Waals surface area contributed by atoms with Crippen molar-refractivity contribution in [2.24, 2.45) is 0 Å². The number of rotatable bonds is 4. The molecular weight excluding hydrogens is 266 g/mol. The highest BCUT2D eigenvalue weighted by molar-refractivity contribution is 7.89. The minimum Gasteiger partial charge on any atom is -0.386 e. The van der Waals surface area contributed by atoms with E-state index in [-0.39, 0.29) is 11.1 Å². The molecule has 1 aliphatic heterocycles. The predicted octanol–water partition coefficient (Wildman–Crippen LogP) is 0.923. The molecule has 0 aromatic carbocycles. The first kappa shape index (κ1) is 14.2. The van der Waals surface area contributed by atoms with Crippen LogP contribution in [-0.4, -0.2) is 51.1 Å². The van der Waals surface area contributed by atoms with Gasteiger partial charge in [0.25, 0.3) is 10.0 Å². The van der Waals surface area contributed by atoms with Crippen molar-refractivity contribution in [1.82, 2.24) is 9.29 Å². The van der Waals surface area contributed by atoms with Crippen LogP contribution in [0.2, 0.25) is 0 Å². The topological polar surface area (TPSA) is 71.5 Å². The van der Waals surface area contributed by atoms with Crippen molar-refractivity contribution in [3.63, 3.8) is 0 Å². The third-order valence-corrected chi connectivity index (χ3v) is 5.24. The second-order valence-electron chi connectivity index (χ2n) is 4.47. The minimum atomic E-state index is -3.58. The largest absolute Gasteiger partial charge is 0.386 e. The Hall–Kier alpha value is -1.18. The third kappa shape index (κ3) is 2.88. The van der Waals surface area contributed by atoms with Gasteiger partial charge in [-0.25, -0.2) is 13.4 Å². The maximum atomic E-state index is 12.6. The van der Waals surface area contributed by atoms with E-state index < -0.39 is 10.0 Å². The first-order valence-electron chi connectivity index (χ1n) is 6.26. The van der Waals surface area contributed by atoms with Gasteiger partial charge in [0.2, 0.25) is 0 Å². The number of hydrogen-bond acceptors (Lipinski definition) is 5. The summed E-state index contributed by atoms with van der Waals surface area (Å²) in [6, 6.07) is 3.39. The normalized spacial score (nSPS) is 17.6. The summed E-state index contributed by atoms with van der Waals surface area (Å²) in [5.41, 5.74) is 0.515. The fraction of sp³-hybridized carbons (Fsp3) is 0.583. The summed E-state index contributed by atoms with van der Waals surface area (Å²) in [6.45, 7) is 1.21. The highest BCUT2D eigenvalue weighted by Gasteiger charge is 2.31. The van der Waals surface area contributed by atoms with Gasteiger partial charge in [0, 0.05) is 39.5 Å². The van der Waals surface area contributed by atoms with Crippen molar-refractivity contribution in [2.45, 2.75) is 23.9 Å². The molecule has 2 rings (SSSR count). The Balaban J connectivity index is 2.30. The number of ether oxygens (including phenoxy) is 1. The monoisotopic (exact) mass is 285 g/mol. The summed E-state index contributed by atoms with van der Waals surface area (Å²) in [4.78, 5) is 4.01. The minimum absolute atomic E-state index is 0.0227. The Labute approximate surface area is 113 Å². The molecule has 0 atom stereocenters. The summed E-state index contributed by atoms with van der Waals surface area (Å²) >= 11 is 0. The number of nitrogens with zero attached hydrogens (tertiary/aromatic N) is 2. The second-order valence-corrected chi connectivity index (χ2v) is 6.38. The molecule has 0 spiro atoms. The van der Waals surface area contributed by atoms with E-state index in [0.29, 0.717) is 18.9 Å². The summed E-state index contributed by atoms with van der Waals surface area (Å²) < 4.78 is 31.9. The van der Waals surface area contributed by atoms with Gasteiger partial charge in [-0.05, 0) is 25.0 Å². The van der Waals surface area contributed by atoms with Gasteiger partial charge in [0.15, 0.2) is 5.03 Å². The molecule has 0 saturated carbocycles. The smallest absolute Gasteiger partial charge is 0.262 e. The molecule has 1 aromatic heterocycles. The van der Waals surface area contributed by atoms with Gasteiger partial charge < -0.3 is 10.1 Å². The molecule has 0 unspecified atom stereocenters. The van der Waals surface area contributed by atoms with Crippen LogP contribution in [0.1, 0.15) is 12.8 Å². The Bertz CT molecular complexity index is 527. The zero-order chi connectivity index (χ0) is 13.9. The Morgan fingerprint density at radius 3 is 2.74 bits per heavy atom. The van der Waals surface area contributed by atoms with Crippen molar-refractivity contribution < 1.29 is 13.2 Å². The van der Waals surface area contributed by atoms with E-state index in [1.165, 1.54) is 10.5 Å². The lowest BCUT2D eigenvalue weighted by Crippen LogP contribution is -2.41. The lowest BCUT2D eigenvalue weighted by Gasteiger charge is -2.30. The zero-order valence-corrected chi connectivity index (χ0v) is 12.0. The van der Waals surface area contributed by atoms with E-state index in [1.54, 1.807) is 26.2 Å². The quantitative estimate of drug-likeness (QED) is 0.891. The molecule has 19 heavy (non-hydrogen) atoms. The second kappa shape index (κ2) is 5.85. The van der Waals surface area contributed by atoms with Crippen LogP contribution in [0.4, 0.5) is 5.69 Å². The molecule has 0 amide bonds. The highest BCUT2D eigenvalue weighted by atomic mass is 32.2. The van der Waals surface area contributed by atoms with E-state index in [0.717, 1.165) is 12.8 Å². The van der Waals surface area contributed by atoms with Crippen molar-refractivity contribution >= 4 is 15.7 Å². The molecule has 2 heterocycles. The number of aromatic nitrogens is 1. The Morgan fingerprint density at radius 2 is 2.11 bits per heavy atom. The van der Waals surface area contributed by atoms with Gasteiger partial charge in [-0.2, -0.15) is 4.31 Å². The SMILES string of the molecule is CNc1cccnc1S(=O)(=O)N(C)C1CCOCC1. The van der Waals surface area contributed by atoms with Gasteiger partial charge in [0.05, 0.1) is 5.69 Å². The van der Waals surface area contributed by atoms with E-state index in [4.69, 9.17) is 4.74 Å². The average Bonchev–Trinajstić information content (AvgIpc) is 2.47.